The van der Waals surface area contributed by atoms with Crippen molar-refractivity contribution in [2.45, 2.75) is 206 Å². The summed E-state index contributed by atoms with van der Waals surface area (Å²) in [6, 6.07) is -0.654. The van der Waals surface area contributed by atoms with Crippen LogP contribution in [0.25, 0.3) is 0 Å². The van der Waals surface area contributed by atoms with Crippen LogP contribution in [0.2, 0.25) is 0 Å². The third kappa shape index (κ3) is 42.2. The Morgan fingerprint density at radius 3 is 1.25 bits per heavy atom. The van der Waals surface area contributed by atoms with Gasteiger partial charge < -0.3 is 15.5 Å². The number of unbranched alkanes of at least 4 members (excludes halogenated alkanes) is 17. The number of nitrogens with one attached hydrogen (secondary N) is 1. The number of hydrogen-bond acceptors (Lipinski definition) is 3. The molecule has 0 rings (SSSR count). The molecule has 0 aromatic carbocycles. The Hall–Kier alpha value is -2.95. The van der Waals surface area contributed by atoms with Crippen molar-refractivity contribution in [1.82, 2.24) is 5.32 Å². The van der Waals surface area contributed by atoms with E-state index in [0.29, 0.717) is 6.42 Å². The average molecular weight is 774 g/mol. The molecule has 0 saturated heterocycles. The van der Waals surface area contributed by atoms with Crippen molar-refractivity contribution in [2.24, 2.45) is 0 Å². The summed E-state index contributed by atoms with van der Waals surface area (Å²) in [4.78, 5) is 12.4. The second-order valence-electron chi connectivity index (χ2n) is 15.1. The molecule has 0 saturated carbocycles. The van der Waals surface area contributed by atoms with Gasteiger partial charge in [0.15, 0.2) is 0 Å². The lowest BCUT2D eigenvalue weighted by Gasteiger charge is -2.19. The number of carbonyl (C=O) groups is 1. The Balaban J connectivity index is 3.66. The highest BCUT2D eigenvalue weighted by Gasteiger charge is 2.17. The van der Waals surface area contributed by atoms with Crippen LogP contribution in [0.4, 0.5) is 0 Å². The van der Waals surface area contributed by atoms with Gasteiger partial charge in [-0.25, -0.2) is 0 Å². The van der Waals surface area contributed by atoms with Crippen molar-refractivity contribution in [3.63, 3.8) is 0 Å². The fourth-order valence-electron chi connectivity index (χ4n) is 6.21. The minimum atomic E-state index is -0.878. The van der Waals surface area contributed by atoms with Crippen LogP contribution in [0.1, 0.15) is 194 Å². The molecule has 4 nitrogen and oxygen atoms in total. The van der Waals surface area contributed by atoms with Crippen molar-refractivity contribution >= 4 is 5.91 Å². The molecular formula is C52H87NO3. The number of rotatable bonds is 40. The van der Waals surface area contributed by atoms with Gasteiger partial charge in [-0.2, -0.15) is 0 Å². The van der Waals surface area contributed by atoms with E-state index in [9.17, 15) is 15.0 Å². The highest BCUT2D eigenvalue weighted by molar-refractivity contribution is 5.76. The molecule has 1 amide bonds. The van der Waals surface area contributed by atoms with Gasteiger partial charge in [-0.15, -0.1) is 0 Å². The Labute approximate surface area is 346 Å². The highest BCUT2D eigenvalue weighted by Crippen LogP contribution is 2.13. The molecule has 0 aliphatic heterocycles. The summed E-state index contributed by atoms with van der Waals surface area (Å²) in [5, 5.41) is 23.0. The van der Waals surface area contributed by atoms with Gasteiger partial charge in [0.1, 0.15) is 0 Å². The van der Waals surface area contributed by atoms with Gasteiger partial charge in [0, 0.05) is 6.42 Å². The molecule has 0 aliphatic carbocycles. The maximum absolute atomic E-state index is 12.4. The molecule has 0 heterocycles. The Bertz CT molecular complexity index is 1110. The van der Waals surface area contributed by atoms with Gasteiger partial charge in [-0.3, -0.25) is 4.79 Å². The van der Waals surface area contributed by atoms with Crippen LogP contribution in [0.15, 0.2) is 109 Å². The summed E-state index contributed by atoms with van der Waals surface area (Å²) < 4.78 is 0. The van der Waals surface area contributed by atoms with E-state index in [4.69, 9.17) is 0 Å². The minimum absolute atomic E-state index is 0.0889. The van der Waals surface area contributed by atoms with Crippen molar-refractivity contribution in [3.8, 4) is 0 Å². The molecule has 0 radical (unpaired) electrons. The van der Waals surface area contributed by atoms with E-state index in [1.807, 2.05) is 6.08 Å². The molecule has 56 heavy (non-hydrogen) atoms. The second-order valence-corrected chi connectivity index (χ2v) is 15.1. The van der Waals surface area contributed by atoms with Crippen molar-refractivity contribution < 1.29 is 15.0 Å². The Kier molecular flexibility index (Phi) is 44.0. The number of carbonyl (C=O) groups excluding carboxylic acids is 1. The molecule has 318 valence electrons. The predicted molar refractivity (Wildman–Crippen MR) is 248 cm³/mol. The first kappa shape index (κ1) is 53.1. The fourth-order valence-corrected chi connectivity index (χ4v) is 6.21. The summed E-state index contributed by atoms with van der Waals surface area (Å²) in [6.45, 7) is 4.15. The van der Waals surface area contributed by atoms with Crippen molar-refractivity contribution in [3.05, 3.63) is 109 Å². The molecule has 0 aromatic rings. The zero-order chi connectivity index (χ0) is 40.7. The number of aliphatic hydroxyl groups is 2. The normalized spacial score (nSPS) is 14.0. The molecule has 4 heteroatoms. The number of hydrogen-bond donors (Lipinski definition) is 3. The number of amides is 1. The number of aliphatic hydroxyl groups excluding tert-OH is 2. The molecule has 2 atom stereocenters. The summed E-state index contributed by atoms with van der Waals surface area (Å²) in [5.74, 6) is -0.0889. The largest absolute Gasteiger partial charge is 0.394 e. The van der Waals surface area contributed by atoms with Crippen LogP contribution in [-0.2, 0) is 4.79 Å². The second kappa shape index (κ2) is 46.4. The maximum Gasteiger partial charge on any atom is 0.220 e. The molecular weight excluding hydrogens is 687 g/mol. The van der Waals surface area contributed by atoms with Crippen LogP contribution >= 0.6 is 0 Å². The lowest BCUT2D eigenvalue weighted by Crippen LogP contribution is -2.45. The molecule has 0 fully saturated rings. The first-order valence-electron chi connectivity index (χ1n) is 23.1. The standard InChI is InChI=1S/C52H87NO3/c1-3-5-7-9-11-13-15-17-19-20-21-22-23-24-25-26-27-28-29-30-31-32-34-36-38-40-42-44-46-48-52(56)53-50(49-54)51(55)47-45-43-41-39-37-35-33-18-16-14-12-10-8-6-4-2/h5,7,11,13,16-19,21-22,24-25,27-28,37,39,45,47,50-51,54-55H,3-4,6,8-10,12,14-15,20,23,26,29-36,38,40-44,46,48-49H2,1-2H3,(H,53,56)/b7-5-,13-11-,18-16+,19-17-,22-21-,25-24-,28-27-,39-37+,47-45+. The maximum atomic E-state index is 12.4. The fraction of sp³-hybridized carbons (Fsp3) is 0.635. The number of allylic oxidation sites excluding steroid dienone is 17. The zero-order valence-electron chi connectivity index (χ0n) is 36.4. The average Bonchev–Trinajstić information content (AvgIpc) is 3.20. The van der Waals surface area contributed by atoms with Gasteiger partial charge in [0.2, 0.25) is 5.91 Å². The molecule has 0 bridgehead atoms. The van der Waals surface area contributed by atoms with Crippen molar-refractivity contribution in [2.75, 3.05) is 6.61 Å². The monoisotopic (exact) mass is 774 g/mol. The Morgan fingerprint density at radius 1 is 0.446 bits per heavy atom. The van der Waals surface area contributed by atoms with Gasteiger partial charge in [0.25, 0.3) is 0 Å². The van der Waals surface area contributed by atoms with E-state index in [-0.39, 0.29) is 12.5 Å². The van der Waals surface area contributed by atoms with Crippen molar-refractivity contribution in [1.29, 1.82) is 0 Å². The minimum Gasteiger partial charge on any atom is -0.394 e. The van der Waals surface area contributed by atoms with E-state index in [0.717, 1.165) is 83.5 Å². The van der Waals surface area contributed by atoms with E-state index in [2.05, 4.69) is 116 Å². The molecule has 0 spiro atoms. The van der Waals surface area contributed by atoms with Crippen LogP contribution in [0, 0.1) is 0 Å². The summed E-state index contributed by atoms with van der Waals surface area (Å²) in [6.07, 6.45) is 70.6. The third-order valence-electron chi connectivity index (χ3n) is 9.72. The third-order valence-corrected chi connectivity index (χ3v) is 9.72. The van der Waals surface area contributed by atoms with Crippen LogP contribution in [0.3, 0.4) is 0 Å². The highest BCUT2D eigenvalue weighted by atomic mass is 16.3. The van der Waals surface area contributed by atoms with Crippen LogP contribution in [0.5, 0.6) is 0 Å². The summed E-state index contributed by atoms with van der Waals surface area (Å²) >= 11 is 0. The van der Waals surface area contributed by atoms with Gasteiger partial charge in [-0.1, -0.05) is 200 Å². The lowest BCUT2D eigenvalue weighted by atomic mass is 10.0. The quantitative estimate of drug-likeness (QED) is 0.0429. The van der Waals surface area contributed by atoms with E-state index in [1.165, 1.54) is 89.9 Å². The molecule has 2 unspecified atom stereocenters. The Morgan fingerprint density at radius 2 is 0.804 bits per heavy atom. The predicted octanol–water partition coefficient (Wildman–Crippen LogP) is 14.8. The van der Waals surface area contributed by atoms with E-state index >= 15 is 0 Å². The lowest BCUT2D eigenvalue weighted by molar-refractivity contribution is -0.123. The van der Waals surface area contributed by atoms with Gasteiger partial charge >= 0.3 is 0 Å². The van der Waals surface area contributed by atoms with Gasteiger partial charge in [0.05, 0.1) is 18.8 Å². The summed E-state index contributed by atoms with van der Waals surface area (Å²) in [5.41, 5.74) is 0. The van der Waals surface area contributed by atoms with E-state index in [1.54, 1.807) is 6.08 Å². The first-order chi connectivity index (χ1) is 27.7. The van der Waals surface area contributed by atoms with Gasteiger partial charge in [-0.05, 0) is 96.3 Å². The van der Waals surface area contributed by atoms with Crippen LogP contribution in [-0.4, -0.2) is 34.9 Å². The van der Waals surface area contributed by atoms with E-state index < -0.39 is 12.1 Å². The SMILES string of the molecule is CC/C=C\C/C=C\C/C=C\C/C=C\C/C=C\C/C=C\CCCCCCCCCCCCC(=O)NC(CO)C(O)/C=C/CC/C=C/CC/C=C/CCCCCCC. The zero-order valence-corrected chi connectivity index (χ0v) is 36.4. The molecule has 3 N–H and O–H groups in total. The summed E-state index contributed by atoms with van der Waals surface area (Å²) in [7, 11) is 0. The smallest absolute Gasteiger partial charge is 0.220 e. The first-order valence-corrected chi connectivity index (χ1v) is 23.1. The topological polar surface area (TPSA) is 69.6 Å². The van der Waals surface area contributed by atoms with Crippen LogP contribution < -0.4 is 5.32 Å². The molecule has 0 aliphatic rings. The molecule has 0 aromatic heterocycles.